The quantitative estimate of drug-likeness (QED) is 0.820. The fourth-order valence-electron chi connectivity index (χ4n) is 2.79. The fraction of sp³-hybridized carbons (Fsp3) is 0.375. The topological polar surface area (TPSA) is 87.8 Å². The Morgan fingerprint density at radius 1 is 1.33 bits per heavy atom. The van der Waals surface area contributed by atoms with Crippen LogP contribution in [0.25, 0.3) is 0 Å². The minimum absolute atomic E-state index is 0.0680. The van der Waals surface area contributed by atoms with Crippen molar-refractivity contribution in [2.75, 3.05) is 13.2 Å². The third-order valence-electron chi connectivity index (χ3n) is 3.86. The van der Waals surface area contributed by atoms with Gasteiger partial charge in [-0.15, -0.1) is 0 Å². The standard InChI is InChI=1S/C16H18ClN3O4/c17-12-1-2-15(24-10-16(22)23)11(5-12)7-19-3-4-20-14(8-19)6-13(9-21)18-20/h1-2,5-6,21H,3-4,7-10H2,(H,22,23). The van der Waals surface area contributed by atoms with Crippen LogP contribution in [0.5, 0.6) is 5.75 Å². The van der Waals surface area contributed by atoms with E-state index in [-0.39, 0.29) is 13.2 Å². The Balaban J connectivity index is 1.73. The zero-order valence-corrected chi connectivity index (χ0v) is 13.7. The predicted molar refractivity (Wildman–Crippen MR) is 86.8 cm³/mol. The minimum Gasteiger partial charge on any atom is -0.482 e. The molecule has 2 heterocycles. The summed E-state index contributed by atoms with van der Waals surface area (Å²) >= 11 is 6.07. The molecule has 1 aromatic heterocycles. The molecule has 7 nitrogen and oxygen atoms in total. The summed E-state index contributed by atoms with van der Waals surface area (Å²) in [4.78, 5) is 12.9. The van der Waals surface area contributed by atoms with E-state index in [4.69, 9.17) is 21.4 Å². The number of benzene rings is 1. The van der Waals surface area contributed by atoms with Crippen molar-refractivity contribution >= 4 is 17.6 Å². The number of rotatable bonds is 6. The number of carbonyl (C=O) groups is 1. The Morgan fingerprint density at radius 2 is 2.17 bits per heavy atom. The zero-order valence-electron chi connectivity index (χ0n) is 13.0. The van der Waals surface area contributed by atoms with Gasteiger partial charge in [-0.2, -0.15) is 5.10 Å². The molecule has 8 heteroatoms. The van der Waals surface area contributed by atoms with E-state index < -0.39 is 5.97 Å². The maximum absolute atomic E-state index is 10.7. The third kappa shape index (κ3) is 3.87. The number of nitrogens with zero attached hydrogens (tertiary/aromatic N) is 3. The van der Waals surface area contributed by atoms with Gasteiger partial charge in [-0.1, -0.05) is 11.6 Å². The Kier molecular flexibility index (Phi) is 5.03. The molecule has 2 aromatic rings. The summed E-state index contributed by atoms with van der Waals surface area (Å²) in [6, 6.07) is 7.06. The van der Waals surface area contributed by atoms with Crippen molar-refractivity contribution in [2.45, 2.75) is 26.2 Å². The Hall–Kier alpha value is -2.09. The molecule has 2 N–H and O–H groups in total. The number of aliphatic hydroxyl groups is 1. The molecule has 1 aromatic carbocycles. The molecular weight excluding hydrogens is 334 g/mol. The summed E-state index contributed by atoms with van der Waals surface area (Å²) < 4.78 is 7.26. The molecule has 0 atom stereocenters. The van der Waals surface area contributed by atoms with Crippen molar-refractivity contribution in [2.24, 2.45) is 0 Å². The van der Waals surface area contributed by atoms with Gasteiger partial charge in [0.05, 0.1) is 24.5 Å². The van der Waals surface area contributed by atoms with E-state index in [1.165, 1.54) is 0 Å². The first-order valence-electron chi connectivity index (χ1n) is 7.57. The first kappa shape index (κ1) is 16.8. The van der Waals surface area contributed by atoms with Crippen molar-refractivity contribution in [3.63, 3.8) is 0 Å². The van der Waals surface area contributed by atoms with Crippen LogP contribution in [0.15, 0.2) is 24.3 Å². The molecule has 0 saturated heterocycles. The van der Waals surface area contributed by atoms with Crippen LogP contribution in [0.3, 0.4) is 0 Å². The zero-order chi connectivity index (χ0) is 17.1. The average Bonchev–Trinajstić information content (AvgIpc) is 2.96. The number of aliphatic carboxylic acids is 1. The van der Waals surface area contributed by atoms with Gasteiger partial charge in [0.1, 0.15) is 5.75 Å². The molecule has 0 fully saturated rings. The SMILES string of the molecule is O=C(O)COc1ccc(Cl)cc1CN1CCn2nc(CO)cc2C1. The fourth-order valence-corrected chi connectivity index (χ4v) is 2.98. The van der Waals surface area contributed by atoms with Gasteiger partial charge in [-0.3, -0.25) is 9.58 Å². The molecule has 0 spiro atoms. The number of carboxylic acid groups (broad SMARTS) is 1. The molecule has 3 rings (SSSR count). The summed E-state index contributed by atoms with van der Waals surface area (Å²) in [6.07, 6.45) is 0. The first-order chi connectivity index (χ1) is 11.5. The molecule has 0 aliphatic carbocycles. The smallest absolute Gasteiger partial charge is 0.341 e. The van der Waals surface area contributed by atoms with Crippen molar-refractivity contribution in [1.29, 1.82) is 0 Å². The van der Waals surface area contributed by atoms with Crippen molar-refractivity contribution in [1.82, 2.24) is 14.7 Å². The lowest BCUT2D eigenvalue weighted by molar-refractivity contribution is -0.139. The molecule has 1 aliphatic heterocycles. The van der Waals surface area contributed by atoms with E-state index in [0.717, 1.165) is 24.3 Å². The summed E-state index contributed by atoms with van der Waals surface area (Å²) in [5.74, 6) is -0.494. The number of ether oxygens (including phenoxy) is 1. The summed E-state index contributed by atoms with van der Waals surface area (Å²) in [5, 5.41) is 22.9. The number of hydrogen-bond donors (Lipinski definition) is 2. The Morgan fingerprint density at radius 3 is 2.92 bits per heavy atom. The lowest BCUT2D eigenvalue weighted by atomic mass is 10.1. The Bertz CT molecular complexity index is 747. The molecule has 1 aliphatic rings. The largest absolute Gasteiger partial charge is 0.482 e. The van der Waals surface area contributed by atoms with Crippen LogP contribution in [0, 0.1) is 0 Å². The number of hydrogen-bond acceptors (Lipinski definition) is 5. The van der Waals surface area contributed by atoms with Crippen LogP contribution in [0.4, 0.5) is 0 Å². The highest BCUT2D eigenvalue weighted by molar-refractivity contribution is 6.30. The Labute approximate surface area is 144 Å². The predicted octanol–water partition coefficient (Wildman–Crippen LogP) is 1.51. The second-order valence-corrected chi connectivity index (χ2v) is 6.09. The van der Waals surface area contributed by atoms with Gasteiger partial charge in [0.25, 0.3) is 0 Å². The number of carboxylic acids is 1. The average molecular weight is 352 g/mol. The van der Waals surface area contributed by atoms with E-state index in [0.29, 0.717) is 29.6 Å². The van der Waals surface area contributed by atoms with Crippen LogP contribution in [-0.2, 0) is 31.0 Å². The van der Waals surface area contributed by atoms with Gasteiger partial charge in [0, 0.05) is 30.2 Å². The highest BCUT2D eigenvalue weighted by Gasteiger charge is 2.20. The first-order valence-corrected chi connectivity index (χ1v) is 7.95. The molecule has 0 unspecified atom stereocenters. The maximum atomic E-state index is 10.7. The molecule has 0 radical (unpaired) electrons. The molecular formula is C16H18ClN3O4. The minimum atomic E-state index is -1.02. The van der Waals surface area contributed by atoms with Crippen LogP contribution >= 0.6 is 11.6 Å². The van der Waals surface area contributed by atoms with Crippen LogP contribution in [0.1, 0.15) is 17.0 Å². The lowest BCUT2D eigenvalue weighted by Gasteiger charge is -2.28. The van der Waals surface area contributed by atoms with Gasteiger partial charge in [0.2, 0.25) is 0 Å². The maximum Gasteiger partial charge on any atom is 0.341 e. The van der Waals surface area contributed by atoms with Crippen molar-refractivity contribution in [3.8, 4) is 5.75 Å². The molecule has 24 heavy (non-hydrogen) atoms. The lowest BCUT2D eigenvalue weighted by Crippen LogP contribution is -2.33. The number of aliphatic hydroxyl groups excluding tert-OH is 1. The van der Waals surface area contributed by atoms with E-state index in [1.807, 2.05) is 10.7 Å². The second-order valence-electron chi connectivity index (χ2n) is 5.65. The highest BCUT2D eigenvalue weighted by Crippen LogP contribution is 2.26. The summed E-state index contributed by atoms with van der Waals surface area (Å²) in [7, 11) is 0. The van der Waals surface area contributed by atoms with E-state index in [2.05, 4.69) is 10.00 Å². The molecule has 128 valence electrons. The molecule has 0 bridgehead atoms. The number of halogens is 1. The summed E-state index contributed by atoms with van der Waals surface area (Å²) in [6.45, 7) is 2.36. The normalized spacial score (nSPS) is 14.4. The second kappa shape index (κ2) is 7.21. The van der Waals surface area contributed by atoms with Gasteiger partial charge in [0.15, 0.2) is 6.61 Å². The van der Waals surface area contributed by atoms with Gasteiger partial charge >= 0.3 is 5.97 Å². The van der Waals surface area contributed by atoms with Gasteiger partial charge in [-0.25, -0.2) is 4.79 Å². The number of aromatic nitrogens is 2. The molecule has 0 amide bonds. The highest BCUT2D eigenvalue weighted by atomic mass is 35.5. The van der Waals surface area contributed by atoms with Crippen molar-refractivity contribution < 1.29 is 19.7 Å². The van der Waals surface area contributed by atoms with Gasteiger partial charge < -0.3 is 14.9 Å². The summed E-state index contributed by atoms with van der Waals surface area (Å²) in [5.41, 5.74) is 2.56. The monoisotopic (exact) mass is 351 g/mol. The van der Waals surface area contributed by atoms with Crippen molar-refractivity contribution in [3.05, 3.63) is 46.2 Å². The van der Waals surface area contributed by atoms with Crippen LogP contribution in [-0.4, -0.2) is 44.0 Å². The van der Waals surface area contributed by atoms with Gasteiger partial charge in [-0.05, 0) is 24.3 Å². The van der Waals surface area contributed by atoms with E-state index in [9.17, 15) is 9.90 Å². The van der Waals surface area contributed by atoms with Crippen LogP contribution in [0.2, 0.25) is 5.02 Å². The third-order valence-corrected chi connectivity index (χ3v) is 4.09. The van der Waals surface area contributed by atoms with Crippen LogP contribution < -0.4 is 4.74 Å². The molecule has 0 saturated carbocycles. The number of fused-ring (bicyclic) bond motifs is 1. The van der Waals surface area contributed by atoms with E-state index >= 15 is 0 Å². The van der Waals surface area contributed by atoms with E-state index in [1.54, 1.807) is 18.2 Å².